The monoisotopic (exact) mass is 434 g/mol. The maximum Gasteiger partial charge on any atom is 0.335 e. The number of aromatic carboxylic acids is 1. The van der Waals surface area contributed by atoms with Crippen LogP contribution in [0.2, 0.25) is 0 Å². The van der Waals surface area contributed by atoms with E-state index in [1.54, 1.807) is 47.6 Å². The molecule has 0 aliphatic carbocycles. The van der Waals surface area contributed by atoms with Crippen LogP contribution in [0.4, 0.5) is 4.39 Å². The number of carboxylic acid groups (broad SMARTS) is 1. The lowest BCUT2D eigenvalue weighted by Crippen LogP contribution is -2.37. The van der Waals surface area contributed by atoms with Gasteiger partial charge < -0.3 is 19.6 Å². The zero-order valence-electron chi connectivity index (χ0n) is 17.8. The quantitative estimate of drug-likeness (QED) is 0.511. The zero-order valence-corrected chi connectivity index (χ0v) is 17.8. The van der Waals surface area contributed by atoms with Gasteiger partial charge in [-0.2, -0.15) is 0 Å². The number of imidazole rings is 1. The molecule has 1 aliphatic rings. The van der Waals surface area contributed by atoms with Crippen LogP contribution in [0.25, 0.3) is 10.9 Å². The number of amides is 1. The Balaban J connectivity index is 0.000000230. The molecule has 0 saturated heterocycles. The molecule has 1 amide bonds. The highest BCUT2D eigenvalue weighted by Gasteiger charge is 2.31. The third-order valence-corrected chi connectivity index (χ3v) is 5.70. The Morgan fingerprint density at radius 3 is 2.56 bits per heavy atom. The number of carboxylic acids is 1. The largest absolute Gasteiger partial charge is 0.478 e. The van der Waals surface area contributed by atoms with Crippen molar-refractivity contribution in [3.63, 3.8) is 0 Å². The van der Waals surface area contributed by atoms with E-state index in [2.05, 4.69) is 9.97 Å². The van der Waals surface area contributed by atoms with Crippen molar-refractivity contribution in [2.24, 2.45) is 7.05 Å². The number of carbonyl (C=O) groups excluding carboxylic acids is 1. The van der Waals surface area contributed by atoms with Gasteiger partial charge >= 0.3 is 5.97 Å². The lowest BCUT2D eigenvalue weighted by molar-refractivity contribution is 0.0694. The zero-order chi connectivity index (χ0) is 22.8. The van der Waals surface area contributed by atoms with Gasteiger partial charge in [-0.3, -0.25) is 4.79 Å². The number of halogens is 1. The van der Waals surface area contributed by atoms with Gasteiger partial charge in [0.15, 0.2) is 0 Å². The number of aryl methyl sites for hydroxylation is 2. The van der Waals surface area contributed by atoms with Crippen LogP contribution in [-0.4, -0.2) is 43.0 Å². The second-order valence-electron chi connectivity index (χ2n) is 7.64. The van der Waals surface area contributed by atoms with Crippen LogP contribution in [0.15, 0.2) is 54.9 Å². The molecule has 0 atom stereocenters. The van der Waals surface area contributed by atoms with Gasteiger partial charge in [0, 0.05) is 36.8 Å². The van der Waals surface area contributed by atoms with Crippen LogP contribution < -0.4 is 0 Å². The summed E-state index contributed by atoms with van der Waals surface area (Å²) in [5, 5.41) is 9.08. The number of para-hydroxylation sites is 1. The van der Waals surface area contributed by atoms with E-state index >= 15 is 0 Å². The van der Waals surface area contributed by atoms with Crippen molar-refractivity contribution in [3.8, 4) is 0 Å². The summed E-state index contributed by atoms with van der Waals surface area (Å²) in [4.78, 5) is 32.2. The summed E-state index contributed by atoms with van der Waals surface area (Å²) in [6, 6.07) is 13.2. The number of H-pyrrole nitrogens is 1. The first kappa shape index (κ1) is 21.3. The molecular formula is C24H23FN4O3. The average molecular weight is 434 g/mol. The lowest BCUT2D eigenvalue weighted by atomic mass is 10.0. The van der Waals surface area contributed by atoms with E-state index < -0.39 is 5.97 Å². The Morgan fingerprint density at radius 1 is 1.19 bits per heavy atom. The smallest absolute Gasteiger partial charge is 0.335 e. The first-order chi connectivity index (χ1) is 15.4. The van der Waals surface area contributed by atoms with Gasteiger partial charge in [-0.05, 0) is 25.1 Å². The molecule has 164 valence electrons. The van der Waals surface area contributed by atoms with Crippen molar-refractivity contribution in [3.05, 3.63) is 88.9 Å². The Hall–Kier alpha value is -3.94. The highest BCUT2D eigenvalue weighted by Crippen LogP contribution is 2.32. The molecule has 8 heteroatoms. The second kappa shape index (κ2) is 8.66. The highest BCUT2D eigenvalue weighted by molar-refractivity contribution is 6.09. The number of hydrogen-bond donors (Lipinski definition) is 2. The van der Waals surface area contributed by atoms with E-state index in [4.69, 9.17) is 5.11 Å². The number of aromatic nitrogens is 3. The third kappa shape index (κ3) is 3.87. The molecule has 2 aromatic heterocycles. The molecule has 0 saturated carbocycles. The molecular weight excluding hydrogens is 411 g/mol. The van der Waals surface area contributed by atoms with Crippen molar-refractivity contribution in [1.82, 2.24) is 19.4 Å². The summed E-state index contributed by atoms with van der Waals surface area (Å²) in [5.41, 5.74) is 4.20. The van der Waals surface area contributed by atoms with Gasteiger partial charge in [0.05, 0.1) is 35.2 Å². The Morgan fingerprint density at radius 2 is 1.94 bits per heavy atom. The number of carbonyl (C=O) groups is 2. The molecule has 0 bridgehead atoms. The van der Waals surface area contributed by atoms with E-state index in [1.807, 2.05) is 24.6 Å². The van der Waals surface area contributed by atoms with Crippen molar-refractivity contribution in [2.45, 2.75) is 19.9 Å². The van der Waals surface area contributed by atoms with Gasteiger partial charge in [0.25, 0.3) is 5.91 Å². The number of rotatable bonds is 3. The third-order valence-electron chi connectivity index (χ3n) is 5.70. The fourth-order valence-corrected chi connectivity index (χ4v) is 4.01. The molecule has 0 radical (unpaired) electrons. The standard InChI is InChI=1S/C17H17FN4O.C7H6O2/c1-10-13(20-9-19-10)8-22-7-6-14-15(17(22)23)11-4-3-5-12(18)16(11)21(14)2;8-7(9)6-4-2-1-3-5-6/h3-5,9H,6-8H2,1-2H3,(H,19,20);1-5H,(H,8,9). The number of benzene rings is 2. The first-order valence-corrected chi connectivity index (χ1v) is 10.2. The molecule has 2 N–H and O–H groups in total. The number of nitrogens with zero attached hydrogens (tertiary/aromatic N) is 3. The minimum Gasteiger partial charge on any atom is -0.478 e. The van der Waals surface area contributed by atoms with Gasteiger partial charge in [0.1, 0.15) is 5.82 Å². The molecule has 1 aliphatic heterocycles. The summed E-state index contributed by atoms with van der Waals surface area (Å²) in [5.74, 6) is -1.22. The second-order valence-corrected chi connectivity index (χ2v) is 7.64. The van der Waals surface area contributed by atoms with Crippen molar-refractivity contribution >= 4 is 22.8 Å². The van der Waals surface area contributed by atoms with Crippen LogP contribution >= 0.6 is 0 Å². The van der Waals surface area contributed by atoms with E-state index in [1.165, 1.54) is 6.07 Å². The van der Waals surface area contributed by atoms with Crippen LogP contribution in [0.1, 0.15) is 37.8 Å². The normalized spacial score (nSPS) is 13.0. The summed E-state index contributed by atoms with van der Waals surface area (Å²) < 4.78 is 16.0. The predicted octanol–water partition coefficient (Wildman–Crippen LogP) is 3.93. The summed E-state index contributed by atoms with van der Waals surface area (Å²) in [7, 11) is 1.82. The fraction of sp³-hybridized carbons (Fsp3) is 0.208. The number of fused-ring (bicyclic) bond motifs is 3. The minimum atomic E-state index is -0.879. The molecule has 5 rings (SSSR count). The molecule has 32 heavy (non-hydrogen) atoms. The molecule has 3 heterocycles. The molecule has 0 spiro atoms. The highest BCUT2D eigenvalue weighted by atomic mass is 19.1. The molecule has 0 unspecified atom stereocenters. The summed E-state index contributed by atoms with van der Waals surface area (Å²) in [6.45, 7) is 3.03. The Kier molecular flexibility index (Phi) is 5.77. The van der Waals surface area contributed by atoms with E-state index in [9.17, 15) is 14.0 Å². The molecule has 7 nitrogen and oxygen atoms in total. The first-order valence-electron chi connectivity index (χ1n) is 10.2. The minimum absolute atomic E-state index is 0.0511. The summed E-state index contributed by atoms with van der Waals surface area (Å²) in [6.07, 6.45) is 2.35. The van der Waals surface area contributed by atoms with Crippen LogP contribution in [0.3, 0.4) is 0 Å². The number of hydrogen-bond acceptors (Lipinski definition) is 3. The average Bonchev–Trinajstić information content (AvgIpc) is 3.33. The van der Waals surface area contributed by atoms with Crippen LogP contribution in [0, 0.1) is 12.7 Å². The van der Waals surface area contributed by atoms with E-state index in [0.717, 1.165) is 23.5 Å². The van der Waals surface area contributed by atoms with E-state index in [-0.39, 0.29) is 11.7 Å². The van der Waals surface area contributed by atoms with Gasteiger partial charge in [-0.1, -0.05) is 30.3 Å². The van der Waals surface area contributed by atoms with E-state index in [0.29, 0.717) is 35.1 Å². The predicted molar refractivity (Wildman–Crippen MR) is 118 cm³/mol. The molecule has 0 fully saturated rings. The van der Waals surface area contributed by atoms with Crippen molar-refractivity contribution in [1.29, 1.82) is 0 Å². The van der Waals surface area contributed by atoms with Crippen molar-refractivity contribution in [2.75, 3.05) is 6.54 Å². The SMILES string of the molecule is Cc1[nH]cnc1CN1CCc2c(c3cccc(F)c3n2C)C1=O.O=C(O)c1ccccc1. The van der Waals surface area contributed by atoms with Crippen LogP contribution in [-0.2, 0) is 20.0 Å². The lowest BCUT2D eigenvalue weighted by Gasteiger charge is -2.27. The molecule has 2 aromatic carbocycles. The Labute approximate surface area is 184 Å². The number of nitrogens with one attached hydrogen (secondary N) is 1. The van der Waals surface area contributed by atoms with Crippen molar-refractivity contribution < 1.29 is 19.1 Å². The van der Waals surface area contributed by atoms with Gasteiger partial charge in [-0.15, -0.1) is 0 Å². The van der Waals surface area contributed by atoms with Crippen LogP contribution in [0.5, 0.6) is 0 Å². The fourth-order valence-electron chi connectivity index (χ4n) is 4.01. The maximum absolute atomic E-state index is 14.2. The summed E-state index contributed by atoms with van der Waals surface area (Å²) >= 11 is 0. The maximum atomic E-state index is 14.2. The topological polar surface area (TPSA) is 91.2 Å². The molecule has 4 aromatic rings. The Bertz CT molecular complexity index is 1290. The van der Waals surface area contributed by atoms with Gasteiger partial charge in [-0.25, -0.2) is 14.2 Å². The van der Waals surface area contributed by atoms with Gasteiger partial charge in [0.2, 0.25) is 0 Å². The number of aromatic amines is 1.